The molecule has 2 fully saturated rings. The summed E-state index contributed by atoms with van der Waals surface area (Å²) in [6.07, 6.45) is 9.94. The van der Waals surface area contributed by atoms with E-state index in [2.05, 4.69) is 56.6 Å². The van der Waals surface area contributed by atoms with E-state index < -0.39 is 0 Å². The SMILES string of the molecule is Cc1ccc(OC2CNC2)cc1C(=O)NC(C)c1cccc(-c2ccc(CN[C@H]3CC[C@@H](C(=O)N/C=C/c4cccnc4)C3)s2)c1. The summed E-state index contributed by atoms with van der Waals surface area (Å²) in [6.45, 7) is 6.40. The van der Waals surface area contributed by atoms with E-state index in [4.69, 9.17) is 4.74 Å². The van der Waals surface area contributed by atoms with Crippen LogP contribution in [0.1, 0.15) is 64.2 Å². The van der Waals surface area contributed by atoms with Crippen LogP contribution in [-0.2, 0) is 11.3 Å². The number of amides is 2. The Labute approximate surface area is 274 Å². The molecule has 1 aliphatic carbocycles. The van der Waals surface area contributed by atoms with Gasteiger partial charge in [-0.25, -0.2) is 0 Å². The number of aromatic nitrogens is 1. The van der Waals surface area contributed by atoms with Crippen molar-refractivity contribution in [2.24, 2.45) is 5.92 Å². The summed E-state index contributed by atoms with van der Waals surface area (Å²) in [5, 5.41) is 13.0. The van der Waals surface area contributed by atoms with Crippen molar-refractivity contribution in [3.05, 3.63) is 112 Å². The second kappa shape index (κ2) is 14.9. The highest BCUT2D eigenvalue weighted by molar-refractivity contribution is 7.15. The van der Waals surface area contributed by atoms with E-state index in [9.17, 15) is 9.59 Å². The first-order valence-corrected chi connectivity index (χ1v) is 16.8. The fourth-order valence-corrected chi connectivity index (χ4v) is 6.82. The highest BCUT2D eigenvalue weighted by Gasteiger charge is 2.29. The molecule has 1 saturated carbocycles. The zero-order valence-corrected chi connectivity index (χ0v) is 27.1. The predicted octanol–water partition coefficient (Wildman–Crippen LogP) is 6.01. The van der Waals surface area contributed by atoms with E-state index in [0.717, 1.165) is 66.9 Å². The van der Waals surface area contributed by atoms with E-state index in [1.165, 1.54) is 9.75 Å². The number of nitrogens with zero attached hydrogens (tertiary/aromatic N) is 1. The van der Waals surface area contributed by atoms with Crippen molar-refractivity contribution in [3.8, 4) is 16.2 Å². The zero-order valence-electron chi connectivity index (χ0n) is 26.3. The number of ether oxygens (including phenoxy) is 1. The van der Waals surface area contributed by atoms with Gasteiger partial charge in [0.05, 0.1) is 6.04 Å². The maximum absolute atomic E-state index is 13.3. The normalized spacial score (nSPS) is 18.7. The van der Waals surface area contributed by atoms with Crippen molar-refractivity contribution in [1.29, 1.82) is 0 Å². The molecule has 2 aliphatic rings. The standard InChI is InChI=1S/C37H41N5O3S/c1-24-8-11-31(45-32-21-39-22-32)19-34(24)37(44)42-25(2)27-6-3-7-28(17-27)35-13-12-33(46-35)23-41-30-10-9-29(18-30)36(43)40-16-14-26-5-4-15-38-20-26/h3-8,11-17,19-20,25,29-30,32,39,41H,9-10,18,21-23H2,1-2H3,(H,40,43)(H,42,44)/b16-14+/t25?,29-,30+/m1/s1. The molecule has 0 bridgehead atoms. The van der Waals surface area contributed by atoms with Crippen molar-refractivity contribution in [2.45, 2.75) is 57.8 Å². The van der Waals surface area contributed by atoms with Crippen LogP contribution < -0.4 is 26.0 Å². The van der Waals surface area contributed by atoms with Crippen LogP contribution in [-0.4, -0.2) is 42.0 Å². The summed E-state index contributed by atoms with van der Waals surface area (Å²) in [5.41, 5.74) is 4.69. The van der Waals surface area contributed by atoms with Crippen LogP contribution in [0, 0.1) is 12.8 Å². The van der Waals surface area contributed by atoms with Gasteiger partial charge in [0.15, 0.2) is 0 Å². The molecule has 1 saturated heterocycles. The van der Waals surface area contributed by atoms with Crippen LogP contribution in [0.5, 0.6) is 5.75 Å². The summed E-state index contributed by atoms with van der Waals surface area (Å²) >= 11 is 1.77. The van der Waals surface area contributed by atoms with Gasteiger partial charge in [-0.3, -0.25) is 14.6 Å². The fraction of sp³-hybridized carbons (Fsp3) is 0.324. The molecule has 0 radical (unpaired) electrons. The maximum atomic E-state index is 13.3. The summed E-state index contributed by atoms with van der Waals surface area (Å²) in [5.74, 6) is 0.715. The van der Waals surface area contributed by atoms with Crippen LogP contribution in [0.4, 0.5) is 0 Å². The van der Waals surface area contributed by atoms with Crippen LogP contribution >= 0.6 is 11.3 Å². The average molecular weight is 636 g/mol. The van der Waals surface area contributed by atoms with E-state index in [1.807, 2.05) is 56.3 Å². The third kappa shape index (κ3) is 8.09. The van der Waals surface area contributed by atoms with Crippen LogP contribution in [0.25, 0.3) is 16.5 Å². The van der Waals surface area contributed by atoms with Crippen molar-refractivity contribution in [2.75, 3.05) is 13.1 Å². The molecule has 0 spiro atoms. The van der Waals surface area contributed by atoms with Gasteiger partial charge in [0.2, 0.25) is 5.91 Å². The lowest BCUT2D eigenvalue weighted by Crippen LogP contribution is -2.50. The number of aryl methyl sites for hydroxylation is 1. The minimum atomic E-state index is -0.160. The number of hydrogen-bond donors (Lipinski definition) is 4. The molecule has 3 heterocycles. The van der Waals surface area contributed by atoms with Crippen molar-refractivity contribution in [1.82, 2.24) is 26.3 Å². The smallest absolute Gasteiger partial charge is 0.252 e. The van der Waals surface area contributed by atoms with E-state index >= 15 is 0 Å². The summed E-state index contributed by atoms with van der Waals surface area (Å²) in [7, 11) is 0. The quantitative estimate of drug-likeness (QED) is 0.152. The predicted molar refractivity (Wildman–Crippen MR) is 183 cm³/mol. The van der Waals surface area contributed by atoms with Gasteiger partial charge >= 0.3 is 0 Å². The van der Waals surface area contributed by atoms with Gasteiger partial charge in [-0.1, -0.05) is 30.3 Å². The lowest BCUT2D eigenvalue weighted by atomic mass is 10.0. The molecule has 4 N–H and O–H groups in total. The lowest BCUT2D eigenvalue weighted by molar-refractivity contribution is -0.123. The highest BCUT2D eigenvalue weighted by atomic mass is 32.1. The van der Waals surface area contributed by atoms with Gasteiger partial charge in [-0.2, -0.15) is 0 Å². The molecule has 2 amide bonds. The molecule has 9 heteroatoms. The largest absolute Gasteiger partial charge is 0.488 e. The number of thiophene rings is 1. The molecule has 8 nitrogen and oxygen atoms in total. The fourth-order valence-electron chi connectivity index (χ4n) is 5.87. The topological polar surface area (TPSA) is 104 Å². The molecular formula is C37H41N5O3S. The number of nitrogens with one attached hydrogen (secondary N) is 4. The minimum absolute atomic E-state index is 0.0197. The Morgan fingerprint density at radius 3 is 2.78 bits per heavy atom. The Kier molecular flexibility index (Phi) is 10.2. The highest BCUT2D eigenvalue weighted by Crippen LogP contribution is 2.31. The van der Waals surface area contributed by atoms with Gasteiger partial charge in [0.1, 0.15) is 11.9 Å². The van der Waals surface area contributed by atoms with E-state index in [0.29, 0.717) is 11.6 Å². The van der Waals surface area contributed by atoms with Gasteiger partial charge in [0.25, 0.3) is 5.91 Å². The Hall–Kier alpha value is -4.31. The Morgan fingerprint density at radius 1 is 1.09 bits per heavy atom. The molecule has 1 aliphatic heterocycles. The van der Waals surface area contributed by atoms with Gasteiger partial charge < -0.3 is 26.0 Å². The number of carbonyl (C=O) groups excluding carboxylic acids is 2. The van der Waals surface area contributed by atoms with Crippen molar-refractivity contribution >= 4 is 29.2 Å². The van der Waals surface area contributed by atoms with Gasteiger partial charge in [-0.05, 0) is 97.8 Å². The molecule has 1 unspecified atom stereocenters. The molecule has 6 rings (SSSR count). The second-order valence-corrected chi connectivity index (χ2v) is 13.3. The minimum Gasteiger partial charge on any atom is -0.488 e. The molecule has 46 heavy (non-hydrogen) atoms. The van der Waals surface area contributed by atoms with Crippen molar-refractivity contribution < 1.29 is 14.3 Å². The molecule has 2 aromatic heterocycles. The average Bonchev–Trinajstić information content (AvgIpc) is 3.73. The van der Waals surface area contributed by atoms with Gasteiger partial charge in [-0.15, -0.1) is 11.3 Å². The molecule has 238 valence electrons. The summed E-state index contributed by atoms with van der Waals surface area (Å²) in [4.78, 5) is 32.4. The first kappa shape index (κ1) is 31.7. The number of rotatable bonds is 12. The number of hydrogen-bond acceptors (Lipinski definition) is 7. The first-order valence-electron chi connectivity index (χ1n) is 16.0. The lowest BCUT2D eigenvalue weighted by Gasteiger charge is -2.28. The van der Waals surface area contributed by atoms with Crippen molar-refractivity contribution in [3.63, 3.8) is 0 Å². The Morgan fingerprint density at radius 2 is 1.98 bits per heavy atom. The third-order valence-electron chi connectivity index (χ3n) is 8.73. The van der Waals surface area contributed by atoms with Crippen LogP contribution in [0.2, 0.25) is 0 Å². The Bertz CT molecular complexity index is 1680. The molecule has 3 atom stereocenters. The zero-order chi connectivity index (χ0) is 31.9. The van der Waals surface area contributed by atoms with E-state index in [1.54, 1.807) is 29.9 Å². The van der Waals surface area contributed by atoms with Gasteiger partial charge in [0, 0.05) is 65.5 Å². The number of carbonyl (C=O) groups is 2. The molecule has 2 aromatic carbocycles. The maximum Gasteiger partial charge on any atom is 0.252 e. The van der Waals surface area contributed by atoms with Crippen LogP contribution in [0.15, 0.2) is 85.3 Å². The molecular weight excluding hydrogens is 595 g/mol. The van der Waals surface area contributed by atoms with E-state index in [-0.39, 0.29) is 29.9 Å². The Balaban J connectivity index is 0.993. The second-order valence-electron chi connectivity index (χ2n) is 12.2. The van der Waals surface area contributed by atoms with Crippen LogP contribution in [0.3, 0.4) is 0 Å². The number of pyridine rings is 1. The monoisotopic (exact) mass is 635 g/mol. The number of benzene rings is 2. The first-order chi connectivity index (χ1) is 22.4. The summed E-state index contributed by atoms with van der Waals surface area (Å²) in [6, 6.07) is 22.4. The molecule has 4 aromatic rings. The summed E-state index contributed by atoms with van der Waals surface area (Å²) < 4.78 is 5.97. The third-order valence-corrected chi connectivity index (χ3v) is 9.87.